The molecule has 2 N–H and O–H groups in total. The molecule has 2 nitrogen and oxygen atoms in total. The number of hydrogen-bond acceptors (Lipinski definition) is 2. The zero-order valence-electron chi connectivity index (χ0n) is 7.55. The molecule has 70 valence electrons. The summed E-state index contributed by atoms with van der Waals surface area (Å²) < 4.78 is 0. The molecular weight excluding hydrogens is 152 g/mol. The first kappa shape index (κ1) is 8.52. The molecule has 0 aliphatic heterocycles. The van der Waals surface area contributed by atoms with E-state index in [9.17, 15) is 10.2 Å². The molecule has 0 aromatic carbocycles. The summed E-state index contributed by atoms with van der Waals surface area (Å²) in [5.41, 5.74) is 0.210. The highest BCUT2D eigenvalue weighted by Crippen LogP contribution is 2.63. The SMILES string of the molecule is OCC1(CO)CCCC12CCC2. The zero-order valence-corrected chi connectivity index (χ0v) is 7.55. The smallest absolute Gasteiger partial charge is 0.0514 e. The van der Waals surface area contributed by atoms with Crippen LogP contribution in [0.1, 0.15) is 38.5 Å². The Morgan fingerprint density at radius 1 is 0.833 bits per heavy atom. The van der Waals surface area contributed by atoms with Gasteiger partial charge in [0, 0.05) is 5.41 Å². The predicted octanol–water partition coefficient (Wildman–Crippen LogP) is 1.31. The molecule has 2 aliphatic rings. The number of rotatable bonds is 2. The lowest BCUT2D eigenvalue weighted by Gasteiger charge is -2.50. The quantitative estimate of drug-likeness (QED) is 0.656. The van der Waals surface area contributed by atoms with Gasteiger partial charge in [-0.05, 0) is 31.1 Å². The van der Waals surface area contributed by atoms with E-state index >= 15 is 0 Å². The molecule has 1 spiro atoms. The standard InChI is InChI=1S/C10H18O2/c11-7-10(8-12)6-2-5-9(10)3-1-4-9/h11-12H,1-8H2. The van der Waals surface area contributed by atoms with Crippen molar-refractivity contribution >= 4 is 0 Å². The maximum absolute atomic E-state index is 9.36. The van der Waals surface area contributed by atoms with Crippen LogP contribution in [-0.2, 0) is 0 Å². The number of hydrogen-bond donors (Lipinski definition) is 2. The summed E-state index contributed by atoms with van der Waals surface area (Å²) in [6.07, 6.45) is 7.21. The summed E-state index contributed by atoms with van der Waals surface area (Å²) in [6, 6.07) is 0. The van der Waals surface area contributed by atoms with Gasteiger partial charge in [-0.15, -0.1) is 0 Å². The minimum atomic E-state index is -0.120. The van der Waals surface area contributed by atoms with E-state index in [0.717, 1.165) is 6.42 Å². The van der Waals surface area contributed by atoms with Crippen LogP contribution in [0.2, 0.25) is 0 Å². The van der Waals surface area contributed by atoms with Gasteiger partial charge in [0.1, 0.15) is 0 Å². The first-order chi connectivity index (χ1) is 5.79. The lowest BCUT2D eigenvalue weighted by molar-refractivity contribution is -0.0814. The Morgan fingerprint density at radius 3 is 1.67 bits per heavy atom. The summed E-state index contributed by atoms with van der Waals surface area (Å²) in [4.78, 5) is 0. The molecule has 0 bridgehead atoms. The Balaban J connectivity index is 2.21. The second kappa shape index (κ2) is 2.71. The molecule has 0 unspecified atom stereocenters. The molecule has 12 heavy (non-hydrogen) atoms. The fourth-order valence-electron chi connectivity index (χ4n) is 3.22. The van der Waals surface area contributed by atoms with Crippen LogP contribution in [0.25, 0.3) is 0 Å². The van der Waals surface area contributed by atoms with Crippen LogP contribution >= 0.6 is 0 Å². The van der Waals surface area contributed by atoms with Crippen molar-refractivity contribution in [3.8, 4) is 0 Å². The van der Waals surface area contributed by atoms with Crippen LogP contribution in [0.3, 0.4) is 0 Å². The minimum Gasteiger partial charge on any atom is -0.396 e. The maximum Gasteiger partial charge on any atom is 0.0514 e. The van der Waals surface area contributed by atoms with Crippen molar-refractivity contribution in [3.63, 3.8) is 0 Å². The van der Waals surface area contributed by atoms with Crippen LogP contribution in [0.15, 0.2) is 0 Å². The molecule has 0 radical (unpaired) electrons. The van der Waals surface area contributed by atoms with Gasteiger partial charge in [-0.25, -0.2) is 0 Å². The average Bonchev–Trinajstić information content (AvgIpc) is 2.42. The topological polar surface area (TPSA) is 40.5 Å². The third-order valence-corrected chi connectivity index (χ3v) is 4.35. The molecule has 0 amide bonds. The summed E-state index contributed by atoms with van der Waals surface area (Å²) >= 11 is 0. The second-order valence-electron chi connectivity index (χ2n) is 4.58. The van der Waals surface area contributed by atoms with E-state index < -0.39 is 0 Å². The highest BCUT2D eigenvalue weighted by atomic mass is 16.3. The zero-order chi connectivity index (χ0) is 8.66. The van der Waals surface area contributed by atoms with Crippen LogP contribution in [-0.4, -0.2) is 23.4 Å². The Morgan fingerprint density at radius 2 is 1.33 bits per heavy atom. The van der Waals surface area contributed by atoms with Crippen molar-refractivity contribution in [3.05, 3.63) is 0 Å². The van der Waals surface area contributed by atoms with Crippen molar-refractivity contribution in [2.24, 2.45) is 10.8 Å². The highest BCUT2D eigenvalue weighted by Gasteiger charge is 2.56. The number of aliphatic hydroxyl groups is 2. The molecule has 0 atom stereocenters. The molecular formula is C10H18O2. The van der Waals surface area contributed by atoms with Gasteiger partial charge in [0.15, 0.2) is 0 Å². The number of aliphatic hydroxyl groups excluding tert-OH is 2. The third kappa shape index (κ3) is 0.826. The largest absolute Gasteiger partial charge is 0.396 e. The summed E-state index contributed by atoms with van der Waals surface area (Å²) in [6.45, 7) is 0.368. The lowest BCUT2D eigenvalue weighted by Crippen LogP contribution is -2.47. The highest BCUT2D eigenvalue weighted by molar-refractivity contribution is 5.06. The summed E-state index contributed by atoms with van der Waals surface area (Å²) in [5.74, 6) is 0. The van der Waals surface area contributed by atoms with Crippen molar-refractivity contribution in [1.82, 2.24) is 0 Å². The van der Waals surface area contributed by atoms with Crippen molar-refractivity contribution in [1.29, 1.82) is 0 Å². The predicted molar refractivity (Wildman–Crippen MR) is 46.7 cm³/mol. The second-order valence-corrected chi connectivity index (χ2v) is 4.58. The third-order valence-electron chi connectivity index (χ3n) is 4.35. The van der Waals surface area contributed by atoms with Crippen LogP contribution < -0.4 is 0 Å². The van der Waals surface area contributed by atoms with Gasteiger partial charge in [0.2, 0.25) is 0 Å². The van der Waals surface area contributed by atoms with E-state index in [2.05, 4.69) is 0 Å². The van der Waals surface area contributed by atoms with Gasteiger partial charge in [0.25, 0.3) is 0 Å². The van der Waals surface area contributed by atoms with E-state index in [0.29, 0.717) is 5.41 Å². The molecule has 0 heterocycles. The Labute approximate surface area is 73.6 Å². The van der Waals surface area contributed by atoms with E-state index in [1.807, 2.05) is 0 Å². The molecule has 2 heteroatoms. The first-order valence-electron chi connectivity index (χ1n) is 5.00. The van der Waals surface area contributed by atoms with Crippen molar-refractivity contribution in [2.45, 2.75) is 38.5 Å². The molecule has 0 aromatic heterocycles. The Bertz CT molecular complexity index is 169. The maximum atomic E-state index is 9.36. The van der Waals surface area contributed by atoms with Gasteiger partial charge >= 0.3 is 0 Å². The molecule has 2 saturated carbocycles. The van der Waals surface area contributed by atoms with E-state index in [4.69, 9.17) is 0 Å². The fourth-order valence-corrected chi connectivity index (χ4v) is 3.22. The van der Waals surface area contributed by atoms with Gasteiger partial charge in [-0.2, -0.15) is 0 Å². The van der Waals surface area contributed by atoms with Gasteiger partial charge in [-0.1, -0.05) is 12.8 Å². The molecule has 2 fully saturated rings. The molecule has 0 saturated heterocycles. The van der Waals surface area contributed by atoms with E-state index in [1.165, 1.54) is 32.1 Å². The normalized spacial score (nSPS) is 30.5. The molecule has 0 aromatic rings. The fraction of sp³-hybridized carbons (Fsp3) is 1.00. The van der Waals surface area contributed by atoms with Crippen molar-refractivity contribution < 1.29 is 10.2 Å². The monoisotopic (exact) mass is 170 g/mol. The van der Waals surface area contributed by atoms with E-state index in [-0.39, 0.29) is 18.6 Å². The molecule has 2 aliphatic carbocycles. The van der Waals surface area contributed by atoms with Gasteiger partial charge in [-0.3, -0.25) is 0 Å². The Hall–Kier alpha value is -0.0800. The first-order valence-corrected chi connectivity index (χ1v) is 5.00. The van der Waals surface area contributed by atoms with E-state index in [1.54, 1.807) is 0 Å². The average molecular weight is 170 g/mol. The van der Waals surface area contributed by atoms with Crippen molar-refractivity contribution in [2.75, 3.05) is 13.2 Å². The minimum absolute atomic E-state index is 0.120. The van der Waals surface area contributed by atoms with Crippen LogP contribution in [0.5, 0.6) is 0 Å². The van der Waals surface area contributed by atoms with Crippen LogP contribution in [0.4, 0.5) is 0 Å². The van der Waals surface area contributed by atoms with Crippen LogP contribution in [0, 0.1) is 10.8 Å². The summed E-state index contributed by atoms with van der Waals surface area (Å²) in [5, 5.41) is 18.7. The molecule has 2 rings (SSSR count). The van der Waals surface area contributed by atoms with Gasteiger partial charge in [0.05, 0.1) is 13.2 Å². The van der Waals surface area contributed by atoms with Gasteiger partial charge < -0.3 is 10.2 Å². The lowest BCUT2D eigenvalue weighted by atomic mass is 9.55. The summed E-state index contributed by atoms with van der Waals surface area (Å²) in [7, 11) is 0. The Kier molecular flexibility index (Phi) is 1.92.